The largest absolute Gasteiger partial charge is 0.397 e. The molecular weight excluding hydrogens is 246 g/mol. The molecular formula is C17H29N3. The van der Waals surface area contributed by atoms with Crippen molar-refractivity contribution in [2.75, 3.05) is 43.4 Å². The lowest BCUT2D eigenvalue weighted by Crippen LogP contribution is -2.24. The summed E-state index contributed by atoms with van der Waals surface area (Å²) in [5.74, 6) is 0. The summed E-state index contributed by atoms with van der Waals surface area (Å²) in [4.78, 5) is 4.89. The van der Waals surface area contributed by atoms with Crippen LogP contribution in [0, 0.1) is 0 Å². The first-order chi connectivity index (χ1) is 9.74. The minimum Gasteiger partial charge on any atom is -0.397 e. The summed E-state index contributed by atoms with van der Waals surface area (Å²) in [6, 6.07) is 6.65. The Morgan fingerprint density at radius 3 is 2.45 bits per heavy atom. The second-order valence-electron chi connectivity index (χ2n) is 5.72. The molecule has 1 aromatic carbocycles. The Bertz CT molecular complexity index is 407. The van der Waals surface area contributed by atoms with Crippen LogP contribution in [0.2, 0.25) is 0 Å². The molecule has 1 heterocycles. The predicted molar refractivity (Wildman–Crippen MR) is 88.4 cm³/mol. The van der Waals surface area contributed by atoms with Gasteiger partial charge in [-0.1, -0.05) is 19.9 Å². The summed E-state index contributed by atoms with van der Waals surface area (Å²) >= 11 is 0. The maximum atomic E-state index is 6.23. The Hall–Kier alpha value is -1.22. The van der Waals surface area contributed by atoms with Crippen LogP contribution in [0.3, 0.4) is 0 Å². The van der Waals surface area contributed by atoms with E-state index in [-0.39, 0.29) is 0 Å². The van der Waals surface area contributed by atoms with Crippen LogP contribution in [0.5, 0.6) is 0 Å². The van der Waals surface area contributed by atoms with Crippen LogP contribution >= 0.6 is 0 Å². The second-order valence-corrected chi connectivity index (χ2v) is 5.72. The topological polar surface area (TPSA) is 32.5 Å². The number of anilines is 2. The summed E-state index contributed by atoms with van der Waals surface area (Å²) in [6.07, 6.45) is 4.93. The standard InChI is InChI=1S/C17H29N3/c1-3-19(4-2)11-7-8-15-9-10-17(16(18)14-15)20-12-5-6-13-20/h9-10,14H,3-8,11-13,18H2,1-2H3. The van der Waals surface area contributed by atoms with Crippen molar-refractivity contribution in [3.8, 4) is 0 Å². The predicted octanol–water partition coefficient (Wildman–Crippen LogP) is 3.14. The monoisotopic (exact) mass is 275 g/mol. The van der Waals surface area contributed by atoms with Crippen LogP contribution in [-0.2, 0) is 6.42 Å². The first kappa shape index (κ1) is 15.2. The van der Waals surface area contributed by atoms with Crippen molar-refractivity contribution in [2.24, 2.45) is 0 Å². The highest BCUT2D eigenvalue weighted by Gasteiger charge is 2.14. The molecule has 0 spiro atoms. The second kappa shape index (κ2) is 7.53. The highest BCUT2D eigenvalue weighted by Crippen LogP contribution is 2.27. The van der Waals surface area contributed by atoms with Gasteiger partial charge in [0.2, 0.25) is 0 Å². The molecule has 1 saturated heterocycles. The Labute approximate surface area is 123 Å². The highest BCUT2D eigenvalue weighted by molar-refractivity contribution is 5.68. The fraction of sp³-hybridized carbons (Fsp3) is 0.647. The molecule has 0 radical (unpaired) electrons. The van der Waals surface area contributed by atoms with Gasteiger partial charge in [-0.2, -0.15) is 0 Å². The average Bonchev–Trinajstić information content (AvgIpc) is 2.98. The van der Waals surface area contributed by atoms with Gasteiger partial charge in [0.25, 0.3) is 0 Å². The van der Waals surface area contributed by atoms with Crippen LogP contribution in [0.1, 0.15) is 38.7 Å². The Kier molecular flexibility index (Phi) is 5.72. The minimum atomic E-state index is 0.951. The number of nitrogens with zero attached hydrogens (tertiary/aromatic N) is 2. The van der Waals surface area contributed by atoms with Gasteiger partial charge in [-0.15, -0.1) is 0 Å². The van der Waals surface area contributed by atoms with E-state index in [1.807, 2.05) is 0 Å². The van der Waals surface area contributed by atoms with Gasteiger partial charge in [-0.25, -0.2) is 0 Å². The number of hydrogen-bond acceptors (Lipinski definition) is 3. The number of rotatable bonds is 7. The molecule has 0 bridgehead atoms. The zero-order chi connectivity index (χ0) is 14.4. The number of nitrogen functional groups attached to an aromatic ring is 1. The third-order valence-electron chi connectivity index (χ3n) is 4.37. The summed E-state index contributed by atoms with van der Waals surface area (Å²) in [6.45, 7) is 10.2. The summed E-state index contributed by atoms with van der Waals surface area (Å²) < 4.78 is 0. The van der Waals surface area contributed by atoms with E-state index in [1.54, 1.807) is 0 Å². The molecule has 0 atom stereocenters. The highest BCUT2D eigenvalue weighted by atomic mass is 15.1. The third-order valence-corrected chi connectivity index (χ3v) is 4.37. The number of benzene rings is 1. The van der Waals surface area contributed by atoms with Crippen LogP contribution in [0.15, 0.2) is 18.2 Å². The van der Waals surface area contributed by atoms with Crippen molar-refractivity contribution in [1.82, 2.24) is 4.90 Å². The van der Waals surface area contributed by atoms with E-state index < -0.39 is 0 Å². The molecule has 1 aliphatic rings. The number of aryl methyl sites for hydroxylation is 1. The van der Waals surface area contributed by atoms with E-state index in [9.17, 15) is 0 Å². The van der Waals surface area contributed by atoms with Crippen molar-refractivity contribution >= 4 is 11.4 Å². The molecule has 1 aliphatic heterocycles. The summed E-state index contributed by atoms with van der Waals surface area (Å²) in [7, 11) is 0. The van der Waals surface area contributed by atoms with Crippen molar-refractivity contribution < 1.29 is 0 Å². The van der Waals surface area contributed by atoms with Gasteiger partial charge in [0.05, 0.1) is 11.4 Å². The lowest BCUT2D eigenvalue weighted by Gasteiger charge is -2.21. The van der Waals surface area contributed by atoms with Gasteiger partial charge in [-0.05, 0) is 63.0 Å². The van der Waals surface area contributed by atoms with Crippen LogP contribution in [0.25, 0.3) is 0 Å². The number of hydrogen-bond donors (Lipinski definition) is 1. The van der Waals surface area contributed by atoms with Crippen LogP contribution in [-0.4, -0.2) is 37.6 Å². The molecule has 0 unspecified atom stereocenters. The molecule has 3 nitrogen and oxygen atoms in total. The fourth-order valence-corrected chi connectivity index (χ4v) is 3.05. The quantitative estimate of drug-likeness (QED) is 0.776. The Morgan fingerprint density at radius 2 is 1.85 bits per heavy atom. The zero-order valence-electron chi connectivity index (χ0n) is 13.1. The van der Waals surface area contributed by atoms with Gasteiger partial charge >= 0.3 is 0 Å². The lowest BCUT2D eigenvalue weighted by atomic mass is 10.1. The van der Waals surface area contributed by atoms with E-state index in [4.69, 9.17) is 5.73 Å². The Morgan fingerprint density at radius 1 is 1.15 bits per heavy atom. The fourth-order valence-electron chi connectivity index (χ4n) is 3.05. The molecule has 2 rings (SSSR count). The molecule has 112 valence electrons. The van der Waals surface area contributed by atoms with E-state index in [0.29, 0.717) is 0 Å². The molecule has 2 N–H and O–H groups in total. The smallest absolute Gasteiger partial charge is 0.0600 e. The minimum absolute atomic E-state index is 0.951. The van der Waals surface area contributed by atoms with Gasteiger partial charge in [0, 0.05) is 13.1 Å². The molecule has 20 heavy (non-hydrogen) atoms. The number of nitrogens with two attached hydrogens (primary N) is 1. The third kappa shape index (κ3) is 3.89. The average molecular weight is 275 g/mol. The van der Waals surface area contributed by atoms with Crippen molar-refractivity contribution in [1.29, 1.82) is 0 Å². The normalized spacial score (nSPS) is 15.2. The van der Waals surface area contributed by atoms with Crippen LogP contribution in [0.4, 0.5) is 11.4 Å². The lowest BCUT2D eigenvalue weighted by molar-refractivity contribution is 0.300. The molecule has 1 fully saturated rings. The van der Waals surface area contributed by atoms with Crippen LogP contribution < -0.4 is 10.6 Å². The maximum absolute atomic E-state index is 6.23. The van der Waals surface area contributed by atoms with Crippen molar-refractivity contribution in [3.63, 3.8) is 0 Å². The van der Waals surface area contributed by atoms with Gasteiger partial charge in [0.15, 0.2) is 0 Å². The summed E-state index contributed by atoms with van der Waals surface area (Å²) in [5.41, 5.74) is 9.79. The Balaban J connectivity index is 1.88. The molecule has 0 amide bonds. The van der Waals surface area contributed by atoms with E-state index in [1.165, 1.54) is 37.1 Å². The maximum Gasteiger partial charge on any atom is 0.0600 e. The van der Waals surface area contributed by atoms with Gasteiger partial charge < -0.3 is 15.5 Å². The van der Waals surface area contributed by atoms with Crippen molar-refractivity contribution in [3.05, 3.63) is 23.8 Å². The molecule has 1 aromatic rings. The molecule has 0 aliphatic carbocycles. The van der Waals surface area contributed by atoms with Crippen molar-refractivity contribution in [2.45, 2.75) is 39.5 Å². The first-order valence-corrected chi connectivity index (χ1v) is 8.10. The zero-order valence-corrected chi connectivity index (χ0v) is 13.1. The molecule has 0 saturated carbocycles. The SMILES string of the molecule is CCN(CC)CCCc1ccc(N2CCCC2)c(N)c1. The van der Waals surface area contributed by atoms with E-state index in [0.717, 1.165) is 38.3 Å². The molecule has 0 aromatic heterocycles. The first-order valence-electron chi connectivity index (χ1n) is 8.10. The van der Waals surface area contributed by atoms with E-state index in [2.05, 4.69) is 41.8 Å². The van der Waals surface area contributed by atoms with Gasteiger partial charge in [-0.3, -0.25) is 0 Å². The van der Waals surface area contributed by atoms with Gasteiger partial charge in [0.1, 0.15) is 0 Å². The summed E-state index contributed by atoms with van der Waals surface area (Å²) in [5, 5.41) is 0. The molecule has 3 heteroatoms. The van der Waals surface area contributed by atoms with E-state index >= 15 is 0 Å².